The third kappa shape index (κ3) is 4.15. The maximum absolute atomic E-state index is 13.0. The number of hydrogen-bond acceptors (Lipinski definition) is 4. The summed E-state index contributed by atoms with van der Waals surface area (Å²) in [5.74, 6) is 0.238. The zero-order valence-electron chi connectivity index (χ0n) is 14.4. The van der Waals surface area contributed by atoms with Gasteiger partial charge in [0, 0.05) is 18.8 Å². The summed E-state index contributed by atoms with van der Waals surface area (Å²) < 4.78 is 5.13. The van der Waals surface area contributed by atoms with Gasteiger partial charge in [-0.2, -0.15) is 0 Å². The minimum atomic E-state index is -0.567. The Balaban J connectivity index is 1.85. The summed E-state index contributed by atoms with van der Waals surface area (Å²) in [6.45, 7) is 1.29. The smallest absolute Gasteiger partial charge is 0.246 e. The molecule has 1 saturated heterocycles. The molecule has 1 aliphatic heterocycles. The first kappa shape index (κ1) is 18.2. The summed E-state index contributed by atoms with van der Waals surface area (Å²) in [6.07, 6.45) is 0. The second-order valence-electron chi connectivity index (χ2n) is 5.97. The number of carbonyl (C=O) groups is 2. The van der Waals surface area contributed by atoms with E-state index in [1.54, 1.807) is 18.2 Å². The third-order valence-electron chi connectivity index (χ3n) is 4.22. The van der Waals surface area contributed by atoms with Crippen molar-refractivity contribution in [3.05, 3.63) is 59.1 Å². The van der Waals surface area contributed by atoms with Gasteiger partial charge >= 0.3 is 0 Å². The highest BCUT2D eigenvalue weighted by Gasteiger charge is 2.31. The molecule has 3 rings (SSSR count). The summed E-state index contributed by atoms with van der Waals surface area (Å²) >= 11 is 6.14. The van der Waals surface area contributed by atoms with Crippen LogP contribution in [0.3, 0.4) is 0 Å². The number of hydrogen-bond donors (Lipinski definition) is 2. The van der Waals surface area contributed by atoms with Crippen LogP contribution < -0.4 is 15.4 Å². The lowest BCUT2D eigenvalue weighted by Gasteiger charge is -2.33. The number of methoxy groups -OCH3 is 1. The maximum atomic E-state index is 13.0. The van der Waals surface area contributed by atoms with E-state index < -0.39 is 6.04 Å². The van der Waals surface area contributed by atoms with E-state index in [9.17, 15) is 9.59 Å². The van der Waals surface area contributed by atoms with Gasteiger partial charge in [-0.1, -0.05) is 41.9 Å². The molecule has 1 fully saturated rings. The molecule has 6 nitrogen and oxygen atoms in total. The van der Waals surface area contributed by atoms with Crippen molar-refractivity contribution in [2.24, 2.45) is 0 Å². The van der Waals surface area contributed by atoms with Crippen molar-refractivity contribution < 1.29 is 14.3 Å². The predicted molar refractivity (Wildman–Crippen MR) is 100 cm³/mol. The lowest BCUT2D eigenvalue weighted by Crippen LogP contribution is -2.51. The second kappa shape index (κ2) is 8.21. The van der Waals surface area contributed by atoms with Crippen molar-refractivity contribution in [2.45, 2.75) is 6.04 Å². The fourth-order valence-corrected chi connectivity index (χ4v) is 3.25. The summed E-state index contributed by atoms with van der Waals surface area (Å²) in [7, 11) is 1.53. The van der Waals surface area contributed by atoms with Crippen LogP contribution in [0.4, 0.5) is 5.69 Å². The Hall–Kier alpha value is -2.57. The Morgan fingerprint density at radius 3 is 2.69 bits per heavy atom. The molecule has 0 unspecified atom stereocenters. The van der Waals surface area contributed by atoms with Gasteiger partial charge in [0.05, 0.1) is 18.7 Å². The first-order valence-electron chi connectivity index (χ1n) is 8.28. The fraction of sp³-hybridized carbons (Fsp3) is 0.263. The summed E-state index contributed by atoms with van der Waals surface area (Å²) in [6, 6.07) is 13.9. The maximum Gasteiger partial charge on any atom is 0.246 e. The van der Waals surface area contributed by atoms with E-state index in [-0.39, 0.29) is 18.4 Å². The minimum Gasteiger partial charge on any atom is -0.495 e. The van der Waals surface area contributed by atoms with Gasteiger partial charge in [0.1, 0.15) is 11.8 Å². The first-order valence-corrected chi connectivity index (χ1v) is 8.66. The molecule has 2 aromatic carbocycles. The predicted octanol–water partition coefficient (Wildman–Crippen LogP) is 2.46. The first-order chi connectivity index (χ1) is 12.6. The van der Waals surface area contributed by atoms with Crippen LogP contribution in [-0.4, -0.2) is 43.5 Å². The Morgan fingerprint density at radius 1 is 1.27 bits per heavy atom. The van der Waals surface area contributed by atoms with Gasteiger partial charge in [-0.15, -0.1) is 0 Å². The number of benzene rings is 2. The van der Waals surface area contributed by atoms with Gasteiger partial charge in [-0.3, -0.25) is 14.5 Å². The molecule has 1 heterocycles. The van der Waals surface area contributed by atoms with Crippen LogP contribution in [0, 0.1) is 0 Å². The monoisotopic (exact) mass is 373 g/mol. The number of amides is 2. The van der Waals surface area contributed by atoms with Gasteiger partial charge in [0.2, 0.25) is 11.8 Å². The summed E-state index contributed by atoms with van der Waals surface area (Å²) in [5.41, 5.74) is 1.41. The molecule has 2 aromatic rings. The molecule has 2 amide bonds. The number of carbonyl (C=O) groups excluding carboxylic acids is 2. The van der Waals surface area contributed by atoms with E-state index in [1.807, 2.05) is 35.2 Å². The number of anilines is 1. The lowest BCUT2D eigenvalue weighted by atomic mass is 10.0. The molecule has 0 bridgehead atoms. The summed E-state index contributed by atoms with van der Waals surface area (Å²) in [5, 5.41) is 6.09. The van der Waals surface area contributed by atoms with Crippen LogP contribution in [-0.2, 0) is 9.59 Å². The van der Waals surface area contributed by atoms with Crippen LogP contribution in [0.5, 0.6) is 5.75 Å². The van der Waals surface area contributed by atoms with E-state index in [0.29, 0.717) is 29.5 Å². The van der Waals surface area contributed by atoms with Crippen molar-refractivity contribution in [2.75, 3.05) is 32.1 Å². The van der Waals surface area contributed by atoms with Crippen molar-refractivity contribution >= 4 is 29.1 Å². The average molecular weight is 374 g/mol. The molecular formula is C19H20ClN3O3. The Kier molecular flexibility index (Phi) is 5.75. The Morgan fingerprint density at radius 2 is 2.04 bits per heavy atom. The molecule has 0 radical (unpaired) electrons. The zero-order valence-corrected chi connectivity index (χ0v) is 15.1. The fourth-order valence-electron chi connectivity index (χ4n) is 3.00. The van der Waals surface area contributed by atoms with E-state index in [0.717, 1.165) is 5.56 Å². The van der Waals surface area contributed by atoms with Crippen LogP contribution in [0.2, 0.25) is 5.02 Å². The molecule has 0 spiro atoms. The van der Waals surface area contributed by atoms with E-state index >= 15 is 0 Å². The van der Waals surface area contributed by atoms with Gasteiger partial charge in [-0.05, 0) is 23.8 Å². The van der Waals surface area contributed by atoms with Crippen molar-refractivity contribution in [1.29, 1.82) is 0 Å². The van der Waals surface area contributed by atoms with E-state index in [2.05, 4.69) is 10.6 Å². The SMILES string of the molecule is COc1ccc(NC(=O)[C@H](c2ccccc2)N2CCNC(=O)C2)cc1Cl. The average Bonchev–Trinajstić information content (AvgIpc) is 2.63. The molecular weight excluding hydrogens is 354 g/mol. The van der Waals surface area contributed by atoms with Crippen molar-refractivity contribution in [3.8, 4) is 5.75 Å². The second-order valence-corrected chi connectivity index (χ2v) is 6.38. The standard InChI is InChI=1S/C19H20ClN3O3/c1-26-16-8-7-14(11-15(16)20)22-19(25)18(13-5-3-2-4-6-13)23-10-9-21-17(24)12-23/h2-8,11,18H,9-10,12H2,1H3,(H,21,24)(H,22,25)/t18-/m0/s1. The lowest BCUT2D eigenvalue weighted by molar-refractivity contribution is -0.128. The molecule has 1 atom stereocenters. The highest BCUT2D eigenvalue weighted by molar-refractivity contribution is 6.32. The quantitative estimate of drug-likeness (QED) is 0.844. The van der Waals surface area contributed by atoms with E-state index in [1.165, 1.54) is 7.11 Å². The van der Waals surface area contributed by atoms with Crippen molar-refractivity contribution in [1.82, 2.24) is 10.2 Å². The van der Waals surface area contributed by atoms with Gasteiger partial charge in [0.15, 0.2) is 0 Å². The normalized spacial score (nSPS) is 15.8. The number of piperazine rings is 1. The molecule has 136 valence electrons. The van der Waals surface area contributed by atoms with E-state index in [4.69, 9.17) is 16.3 Å². The van der Waals surface area contributed by atoms with Crippen LogP contribution in [0.15, 0.2) is 48.5 Å². The highest BCUT2D eigenvalue weighted by Crippen LogP contribution is 2.29. The zero-order chi connectivity index (χ0) is 18.5. The van der Waals surface area contributed by atoms with Gasteiger partial charge < -0.3 is 15.4 Å². The Labute approximate surface area is 157 Å². The molecule has 0 saturated carbocycles. The third-order valence-corrected chi connectivity index (χ3v) is 4.51. The molecule has 2 N–H and O–H groups in total. The number of nitrogens with one attached hydrogen (secondary N) is 2. The molecule has 7 heteroatoms. The van der Waals surface area contributed by atoms with Crippen LogP contribution >= 0.6 is 11.6 Å². The number of rotatable bonds is 5. The summed E-state index contributed by atoms with van der Waals surface area (Å²) in [4.78, 5) is 26.7. The largest absolute Gasteiger partial charge is 0.495 e. The van der Waals surface area contributed by atoms with Crippen molar-refractivity contribution in [3.63, 3.8) is 0 Å². The number of ether oxygens (including phenoxy) is 1. The topological polar surface area (TPSA) is 70.7 Å². The highest BCUT2D eigenvalue weighted by atomic mass is 35.5. The van der Waals surface area contributed by atoms with Crippen LogP contribution in [0.1, 0.15) is 11.6 Å². The molecule has 0 aromatic heterocycles. The van der Waals surface area contributed by atoms with Gasteiger partial charge in [-0.25, -0.2) is 0 Å². The molecule has 26 heavy (non-hydrogen) atoms. The van der Waals surface area contributed by atoms with Crippen LogP contribution in [0.25, 0.3) is 0 Å². The molecule has 0 aliphatic carbocycles. The molecule has 1 aliphatic rings. The minimum absolute atomic E-state index is 0.0857. The van der Waals surface area contributed by atoms with Gasteiger partial charge in [0.25, 0.3) is 0 Å². The Bertz CT molecular complexity index is 798. The number of nitrogens with zero attached hydrogens (tertiary/aromatic N) is 1. The number of halogens is 1.